The van der Waals surface area contributed by atoms with Gasteiger partial charge in [-0.05, 0) is 41.8 Å². The molecule has 0 aliphatic carbocycles. The monoisotopic (exact) mass is 304 g/mol. The SMILES string of the molecule is CCc1ccc(C[C@H](Oc2ccc(Cl)cc2)C(=O)O)cc1. The second kappa shape index (κ2) is 7.14. The van der Waals surface area contributed by atoms with Gasteiger partial charge in [0.25, 0.3) is 0 Å². The average Bonchev–Trinajstić information content (AvgIpc) is 2.49. The van der Waals surface area contributed by atoms with Crippen molar-refractivity contribution in [1.82, 2.24) is 0 Å². The first-order chi connectivity index (χ1) is 10.1. The topological polar surface area (TPSA) is 46.5 Å². The fourth-order valence-corrected chi connectivity index (χ4v) is 2.11. The lowest BCUT2D eigenvalue weighted by Crippen LogP contribution is -2.29. The van der Waals surface area contributed by atoms with E-state index in [0.717, 1.165) is 12.0 Å². The Labute approximate surface area is 129 Å². The Bertz CT molecular complexity index is 590. The van der Waals surface area contributed by atoms with Gasteiger partial charge in [-0.2, -0.15) is 0 Å². The number of hydrogen-bond acceptors (Lipinski definition) is 2. The van der Waals surface area contributed by atoms with Crippen LogP contribution in [0.5, 0.6) is 5.75 Å². The van der Waals surface area contributed by atoms with Crippen LogP contribution in [0.25, 0.3) is 0 Å². The zero-order chi connectivity index (χ0) is 15.2. The summed E-state index contributed by atoms with van der Waals surface area (Å²) in [5, 5.41) is 9.89. The van der Waals surface area contributed by atoms with E-state index < -0.39 is 12.1 Å². The number of aliphatic carboxylic acids is 1. The highest BCUT2D eigenvalue weighted by atomic mass is 35.5. The molecule has 0 aromatic heterocycles. The lowest BCUT2D eigenvalue weighted by molar-refractivity contribution is -0.145. The maximum Gasteiger partial charge on any atom is 0.345 e. The molecule has 1 N–H and O–H groups in total. The van der Waals surface area contributed by atoms with E-state index in [0.29, 0.717) is 17.2 Å². The molecule has 0 spiro atoms. The van der Waals surface area contributed by atoms with Gasteiger partial charge in [0.1, 0.15) is 5.75 Å². The Morgan fingerprint density at radius 3 is 2.19 bits per heavy atom. The highest BCUT2D eigenvalue weighted by Crippen LogP contribution is 2.18. The van der Waals surface area contributed by atoms with Crippen LogP contribution in [0.3, 0.4) is 0 Å². The smallest absolute Gasteiger partial charge is 0.345 e. The molecule has 1 atom stereocenters. The molecule has 2 aromatic rings. The van der Waals surface area contributed by atoms with E-state index in [1.54, 1.807) is 24.3 Å². The quantitative estimate of drug-likeness (QED) is 0.878. The van der Waals surface area contributed by atoms with Crippen molar-refractivity contribution in [3.63, 3.8) is 0 Å². The minimum atomic E-state index is -0.982. The molecular formula is C17H17ClO3. The molecule has 0 heterocycles. The summed E-state index contributed by atoms with van der Waals surface area (Å²) in [6, 6.07) is 14.6. The number of carboxylic acids is 1. The van der Waals surface area contributed by atoms with E-state index in [-0.39, 0.29) is 0 Å². The Morgan fingerprint density at radius 2 is 1.67 bits per heavy atom. The van der Waals surface area contributed by atoms with E-state index >= 15 is 0 Å². The number of benzene rings is 2. The molecule has 0 bridgehead atoms. The summed E-state index contributed by atoms with van der Waals surface area (Å²) >= 11 is 5.80. The normalized spacial score (nSPS) is 11.9. The number of carbonyl (C=O) groups is 1. The van der Waals surface area contributed by atoms with Gasteiger partial charge in [0.2, 0.25) is 0 Å². The fourth-order valence-electron chi connectivity index (χ4n) is 1.98. The van der Waals surface area contributed by atoms with Gasteiger partial charge in [-0.3, -0.25) is 0 Å². The second-order valence-corrected chi connectivity index (χ2v) is 5.21. The first-order valence-corrected chi connectivity index (χ1v) is 7.19. The summed E-state index contributed by atoms with van der Waals surface area (Å²) in [4.78, 5) is 11.3. The van der Waals surface area contributed by atoms with Crippen LogP contribution in [-0.4, -0.2) is 17.2 Å². The third-order valence-electron chi connectivity index (χ3n) is 3.22. The predicted molar refractivity (Wildman–Crippen MR) is 83.0 cm³/mol. The minimum absolute atomic E-state index is 0.321. The zero-order valence-electron chi connectivity index (χ0n) is 11.8. The first-order valence-electron chi connectivity index (χ1n) is 6.81. The van der Waals surface area contributed by atoms with Crippen molar-refractivity contribution in [1.29, 1.82) is 0 Å². The second-order valence-electron chi connectivity index (χ2n) is 4.77. The van der Waals surface area contributed by atoms with Crippen molar-refractivity contribution in [3.8, 4) is 5.75 Å². The molecule has 0 unspecified atom stereocenters. The van der Waals surface area contributed by atoms with Crippen molar-refractivity contribution >= 4 is 17.6 Å². The fraction of sp³-hybridized carbons (Fsp3) is 0.235. The predicted octanol–water partition coefficient (Wildman–Crippen LogP) is 3.98. The summed E-state index contributed by atoms with van der Waals surface area (Å²) in [5.74, 6) is -0.485. The van der Waals surface area contributed by atoms with Crippen LogP contribution in [0, 0.1) is 0 Å². The van der Waals surface area contributed by atoms with Crippen molar-refractivity contribution in [3.05, 3.63) is 64.7 Å². The van der Waals surface area contributed by atoms with Gasteiger partial charge < -0.3 is 9.84 Å². The molecule has 0 radical (unpaired) electrons. The number of rotatable bonds is 6. The van der Waals surface area contributed by atoms with Gasteiger partial charge >= 0.3 is 5.97 Å². The van der Waals surface area contributed by atoms with Crippen molar-refractivity contribution < 1.29 is 14.6 Å². The number of carboxylic acid groups (broad SMARTS) is 1. The lowest BCUT2D eigenvalue weighted by Gasteiger charge is -2.15. The molecule has 0 fully saturated rings. The summed E-state index contributed by atoms with van der Waals surface area (Å²) in [6.07, 6.45) is 0.366. The molecule has 110 valence electrons. The van der Waals surface area contributed by atoms with E-state index in [1.165, 1.54) is 5.56 Å². The van der Waals surface area contributed by atoms with Crippen LogP contribution < -0.4 is 4.74 Å². The zero-order valence-corrected chi connectivity index (χ0v) is 12.5. The van der Waals surface area contributed by atoms with Gasteiger partial charge in [-0.1, -0.05) is 42.8 Å². The van der Waals surface area contributed by atoms with E-state index in [1.807, 2.05) is 24.3 Å². The lowest BCUT2D eigenvalue weighted by atomic mass is 10.0. The third kappa shape index (κ3) is 4.50. The van der Waals surface area contributed by atoms with E-state index in [9.17, 15) is 9.90 Å². The van der Waals surface area contributed by atoms with Gasteiger partial charge in [-0.15, -0.1) is 0 Å². The first kappa shape index (κ1) is 15.4. The van der Waals surface area contributed by atoms with Gasteiger partial charge in [0.15, 0.2) is 6.10 Å². The van der Waals surface area contributed by atoms with Crippen LogP contribution in [-0.2, 0) is 17.6 Å². The molecule has 3 nitrogen and oxygen atoms in total. The van der Waals surface area contributed by atoms with Crippen LogP contribution in [0.1, 0.15) is 18.1 Å². The van der Waals surface area contributed by atoms with Crippen molar-refractivity contribution in [2.75, 3.05) is 0 Å². The van der Waals surface area contributed by atoms with E-state index in [4.69, 9.17) is 16.3 Å². The summed E-state index contributed by atoms with van der Waals surface area (Å²) in [7, 11) is 0. The molecule has 0 aliphatic rings. The van der Waals surface area contributed by atoms with Crippen molar-refractivity contribution in [2.45, 2.75) is 25.9 Å². The van der Waals surface area contributed by atoms with Crippen LogP contribution in [0.2, 0.25) is 5.02 Å². The number of ether oxygens (including phenoxy) is 1. The Hall–Kier alpha value is -2.00. The van der Waals surface area contributed by atoms with Gasteiger partial charge in [0, 0.05) is 11.4 Å². The maximum absolute atomic E-state index is 11.3. The Balaban J connectivity index is 2.07. The summed E-state index contributed by atoms with van der Waals surface area (Å²) in [5.41, 5.74) is 2.16. The molecule has 0 amide bonds. The third-order valence-corrected chi connectivity index (χ3v) is 3.47. The van der Waals surface area contributed by atoms with Crippen LogP contribution in [0.4, 0.5) is 0 Å². The molecule has 2 rings (SSSR count). The molecule has 21 heavy (non-hydrogen) atoms. The molecule has 0 aliphatic heterocycles. The maximum atomic E-state index is 11.3. The largest absolute Gasteiger partial charge is 0.478 e. The van der Waals surface area contributed by atoms with E-state index in [2.05, 4.69) is 6.92 Å². The van der Waals surface area contributed by atoms with Gasteiger partial charge in [0.05, 0.1) is 0 Å². The molecule has 4 heteroatoms. The van der Waals surface area contributed by atoms with Crippen LogP contribution in [0.15, 0.2) is 48.5 Å². The summed E-state index contributed by atoms with van der Waals surface area (Å²) < 4.78 is 5.53. The summed E-state index contributed by atoms with van der Waals surface area (Å²) in [6.45, 7) is 2.08. The molecular weight excluding hydrogens is 288 g/mol. The number of aryl methyl sites for hydroxylation is 1. The van der Waals surface area contributed by atoms with Crippen molar-refractivity contribution in [2.24, 2.45) is 0 Å². The average molecular weight is 305 g/mol. The Morgan fingerprint density at radius 1 is 1.10 bits per heavy atom. The highest BCUT2D eigenvalue weighted by molar-refractivity contribution is 6.30. The number of hydrogen-bond donors (Lipinski definition) is 1. The molecule has 0 saturated heterocycles. The Kier molecular flexibility index (Phi) is 5.23. The molecule has 2 aromatic carbocycles. The number of halogens is 1. The standard InChI is InChI=1S/C17H17ClO3/c1-2-12-3-5-13(6-4-12)11-16(17(19)20)21-15-9-7-14(18)8-10-15/h3-10,16H,2,11H2,1H3,(H,19,20)/t16-/m0/s1. The van der Waals surface area contributed by atoms with Crippen LogP contribution >= 0.6 is 11.6 Å². The minimum Gasteiger partial charge on any atom is -0.478 e. The molecule has 0 saturated carbocycles. The highest BCUT2D eigenvalue weighted by Gasteiger charge is 2.20. The van der Waals surface area contributed by atoms with Gasteiger partial charge in [-0.25, -0.2) is 4.79 Å².